The zero-order valence-corrected chi connectivity index (χ0v) is 83.6. The minimum absolute atomic E-state index is 0.00130. The van der Waals surface area contributed by atoms with Crippen LogP contribution in [0, 0.1) is 76.9 Å². The molecular formula is C108H84Br4N20O9. The van der Waals surface area contributed by atoms with Crippen molar-refractivity contribution in [1.82, 2.24) is 49.8 Å². The number of hydrogen-bond donors (Lipinski definition) is 5. The average Bonchev–Trinajstić information content (AvgIpc) is 0.755. The number of urea groups is 1. The third kappa shape index (κ3) is 23.1. The molecule has 0 atom stereocenters. The number of halogens is 4. The van der Waals surface area contributed by atoms with E-state index in [2.05, 4.69) is 161 Å². The van der Waals surface area contributed by atoms with Crippen LogP contribution in [0.5, 0.6) is 0 Å². The van der Waals surface area contributed by atoms with Gasteiger partial charge in [-0.25, -0.2) is 24.4 Å². The van der Waals surface area contributed by atoms with Gasteiger partial charge >= 0.3 is 17.4 Å². The number of nitriles is 5. The molecule has 141 heavy (non-hydrogen) atoms. The SMILES string of the molecule is CC(C)(C#N)c1ccc(-c2nc(=O)[nH]c3cnc4ccc(-c5cccnc5)cc4c23)cc1.CC(C)(C#N)c1ccc(-c2nc(=O)[nH]c3cnc4ccc(Br)cc4c23)cc1.CC(C)(C#N)c1ccc(C(=O)c2c(N)cnc3ccc(Br)cc23)cc1.CC(C)(C#N)c1ccc(C(=O)c2c([N+](=O)[O-])cnc3ccc(Br)cc23)cc1.CC(C)(C#N)c1ccc(Cc2c([N+](=O)[O-])cnc3ccc(Br)cc23)cc1.NC(N)=O. The third-order valence-corrected chi connectivity index (χ3v) is 25.4. The molecule has 0 radical (unpaired) electrons. The van der Waals surface area contributed by atoms with Crippen LogP contribution in [0.25, 0.3) is 110 Å². The van der Waals surface area contributed by atoms with Gasteiger partial charge in [-0.15, -0.1) is 0 Å². The summed E-state index contributed by atoms with van der Waals surface area (Å²) in [6, 6.07) is 79.1. The van der Waals surface area contributed by atoms with Crippen molar-refractivity contribution in [2.24, 2.45) is 11.5 Å². The fraction of sp³-hybridized carbons (Fsp3) is 0.148. The first-order valence-electron chi connectivity index (χ1n) is 43.2. The molecule has 0 saturated carbocycles. The van der Waals surface area contributed by atoms with Gasteiger partial charge in [0.05, 0.1) is 147 Å². The number of pyridine rings is 6. The molecule has 18 aromatic rings. The van der Waals surface area contributed by atoms with Crippen molar-refractivity contribution in [2.75, 3.05) is 5.73 Å². The topological polar surface area (TPSA) is 503 Å². The number of aromatic nitrogens is 10. The summed E-state index contributed by atoms with van der Waals surface area (Å²) < 4.78 is 3.32. The lowest BCUT2D eigenvalue weighted by molar-refractivity contribution is -0.385. The summed E-state index contributed by atoms with van der Waals surface area (Å²) in [5.74, 6) is -0.627. The highest BCUT2D eigenvalue weighted by Crippen LogP contribution is 2.40. The monoisotopic (exact) mass is 2120 g/mol. The van der Waals surface area contributed by atoms with Gasteiger partial charge in [0.15, 0.2) is 5.78 Å². The highest BCUT2D eigenvalue weighted by Gasteiger charge is 2.30. The van der Waals surface area contributed by atoms with Gasteiger partial charge in [-0.3, -0.25) is 49.8 Å². The van der Waals surface area contributed by atoms with Gasteiger partial charge in [-0.05, 0) is 199 Å². The molecule has 0 spiro atoms. The predicted molar refractivity (Wildman–Crippen MR) is 559 cm³/mol. The van der Waals surface area contributed by atoms with Crippen molar-refractivity contribution in [1.29, 1.82) is 26.3 Å². The number of H-pyrrole nitrogens is 2. The highest BCUT2D eigenvalue weighted by molar-refractivity contribution is 9.11. The number of nitrogens with one attached hydrogen (secondary N) is 2. The summed E-state index contributed by atoms with van der Waals surface area (Å²) in [6.07, 6.45) is 11.2. The number of nitrogen functional groups attached to an aromatic ring is 1. The third-order valence-electron chi connectivity index (χ3n) is 23.5. The molecule has 8 N–H and O–H groups in total. The zero-order chi connectivity index (χ0) is 102. The Labute approximate surface area is 840 Å². The molecule has 0 fully saturated rings. The van der Waals surface area contributed by atoms with Crippen molar-refractivity contribution in [3.8, 4) is 64.0 Å². The maximum absolute atomic E-state index is 13.1. The summed E-state index contributed by atoms with van der Waals surface area (Å²) >= 11 is 13.7. The molecule has 0 aliphatic rings. The van der Waals surface area contributed by atoms with Gasteiger partial charge < -0.3 is 27.2 Å². The zero-order valence-electron chi connectivity index (χ0n) is 77.2. The molecule has 8 aromatic heterocycles. The molecule has 33 heteroatoms. The minimum Gasteiger partial charge on any atom is -0.397 e. The molecule has 0 saturated heterocycles. The predicted octanol–water partition coefficient (Wildman–Crippen LogP) is 23.6. The normalized spacial score (nSPS) is 11.2. The van der Waals surface area contributed by atoms with E-state index < -0.39 is 60.1 Å². The number of amides is 2. The second-order valence-electron chi connectivity index (χ2n) is 35.2. The summed E-state index contributed by atoms with van der Waals surface area (Å²) in [7, 11) is 0. The van der Waals surface area contributed by atoms with E-state index in [9.17, 15) is 65.7 Å². The van der Waals surface area contributed by atoms with E-state index in [1.165, 1.54) is 12.4 Å². The number of anilines is 1. The van der Waals surface area contributed by atoms with Crippen molar-refractivity contribution < 1.29 is 24.2 Å². The van der Waals surface area contributed by atoms with E-state index in [0.717, 1.165) is 119 Å². The Kier molecular flexibility index (Phi) is 30.6. The first-order valence-corrected chi connectivity index (χ1v) is 46.4. The number of primary amides is 2. The van der Waals surface area contributed by atoms with E-state index in [1.807, 2.05) is 225 Å². The number of aromatic amines is 2. The molecule has 8 heterocycles. The Balaban J connectivity index is 0.000000147. The number of nitrogens with two attached hydrogens (primary N) is 3. The van der Waals surface area contributed by atoms with E-state index in [-0.39, 0.29) is 22.7 Å². The smallest absolute Gasteiger partial charge is 0.346 e. The standard InChI is InChI=1S/C26H19N5O.C21H15BrN4O.C20H14BrN3O3.C20H16BrN3O2.C20H16BrN3O.CH4N2O/c1-26(2,15-27)19-8-5-16(6-9-19)24-23-20-12-17(18-4-3-11-28-13-18)7-10-21(20)29-14-22(23)30-25(32)31-24;1-21(2,11-23)13-5-3-12(4-6-13)19-18-15-9-14(22)7-8-16(15)24-10-17(18)25-20(27)26-19;1-20(2,11-22)13-5-3-12(4-6-13)19(25)18-15-9-14(21)7-8-16(15)23-10-17(18)24(26)27;1-20(2,12-22)14-5-3-13(4-6-14)9-17-16-10-15(21)7-8-18(16)23-11-19(17)24(25)26;1-20(2,11-22)13-5-3-12(4-6-13)19(25)18-15-9-14(21)7-8-17(15)24-10-16(18)23;2-1(3)4/h3-14H,1-2H3,(H,30,31,32);3-10H,1-2H3,(H,25,26,27);3-10H,1-2H3;3-8,10-11H,9H2,1-2H3;3-10H,23H2,1-2H3;(H4,2,3,4). The summed E-state index contributed by atoms with van der Waals surface area (Å²) in [6.45, 7) is 18.5. The fourth-order valence-corrected chi connectivity index (χ4v) is 16.8. The summed E-state index contributed by atoms with van der Waals surface area (Å²) in [5, 5.41) is 74.8. The van der Waals surface area contributed by atoms with Crippen molar-refractivity contribution in [3.63, 3.8) is 0 Å². The number of rotatable bonds is 16. The number of carbonyl (C=O) groups is 3. The number of nitro groups is 2. The largest absolute Gasteiger partial charge is 0.397 e. The van der Waals surface area contributed by atoms with Gasteiger partial charge in [0.25, 0.3) is 11.4 Å². The summed E-state index contributed by atoms with van der Waals surface area (Å²) in [4.78, 5) is 121. The van der Waals surface area contributed by atoms with Crippen LogP contribution in [0.2, 0.25) is 0 Å². The molecular weight excluding hydrogens is 2040 g/mol. The quantitative estimate of drug-likeness (QED) is 0.0259. The number of fused-ring (bicyclic) bond motifs is 9. The lowest BCUT2D eigenvalue weighted by Crippen LogP contribution is -2.18. The van der Waals surface area contributed by atoms with Crippen LogP contribution in [0.4, 0.5) is 21.9 Å². The molecule has 29 nitrogen and oxygen atoms in total. The molecule has 0 bridgehead atoms. The molecule has 0 aliphatic heterocycles. The molecule has 0 unspecified atom stereocenters. The van der Waals surface area contributed by atoms with E-state index in [1.54, 1.807) is 87.0 Å². The van der Waals surface area contributed by atoms with Gasteiger partial charge in [0.1, 0.15) is 18.0 Å². The van der Waals surface area contributed by atoms with Crippen LogP contribution in [0.1, 0.15) is 140 Å². The van der Waals surface area contributed by atoms with Crippen LogP contribution in [-0.4, -0.2) is 77.3 Å². The Morgan fingerprint density at radius 1 is 0.383 bits per heavy atom. The maximum Gasteiger partial charge on any atom is 0.346 e. The van der Waals surface area contributed by atoms with Gasteiger partial charge in [0, 0.05) is 108 Å². The van der Waals surface area contributed by atoms with Crippen LogP contribution in [0.15, 0.2) is 295 Å². The van der Waals surface area contributed by atoms with Crippen LogP contribution in [0.3, 0.4) is 0 Å². The number of hydrogen-bond acceptors (Lipinski definition) is 23. The molecule has 698 valence electrons. The second kappa shape index (κ2) is 42.5. The van der Waals surface area contributed by atoms with Crippen molar-refractivity contribution in [2.45, 2.75) is 103 Å². The Bertz CT molecular complexity index is 8370. The Morgan fingerprint density at radius 3 is 1.09 bits per heavy atom. The van der Waals surface area contributed by atoms with Crippen LogP contribution >= 0.6 is 63.7 Å². The van der Waals surface area contributed by atoms with Crippen LogP contribution in [-0.2, 0) is 33.5 Å². The van der Waals surface area contributed by atoms with Crippen molar-refractivity contribution in [3.05, 3.63) is 388 Å². The second-order valence-corrected chi connectivity index (χ2v) is 38.8. The van der Waals surface area contributed by atoms with E-state index >= 15 is 0 Å². The molecule has 0 aliphatic carbocycles. The number of nitrogens with zero attached hydrogens (tertiary/aromatic N) is 15. The number of ketones is 2. The van der Waals surface area contributed by atoms with Crippen molar-refractivity contribution >= 4 is 175 Å². The lowest BCUT2D eigenvalue weighted by atomic mass is 9.85. The minimum atomic E-state index is -0.833. The van der Waals surface area contributed by atoms with Gasteiger partial charge in [-0.2, -0.15) is 36.3 Å². The molecule has 10 aromatic carbocycles. The Hall–Kier alpha value is -16.7. The van der Waals surface area contributed by atoms with E-state index in [0.29, 0.717) is 83.1 Å². The molecule has 18 rings (SSSR count). The van der Waals surface area contributed by atoms with E-state index in [4.69, 9.17) is 10.5 Å². The number of benzene rings is 10. The summed E-state index contributed by atoms with van der Waals surface area (Å²) in [5.41, 5.74) is 27.5. The Morgan fingerprint density at radius 2 is 0.702 bits per heavy atom. The fourth-order valence-electron chi connectivity index (χ4n) is 15.3. The first-order chi connectivity index (χ1) is 67.0. The number of carbonyl (C=O) groups excluding carboxylic acids is 3. The van der Waals surface area contributed by atoms with Crippen LogP contribution < -0.4 is 28.6 Å². The highest BCUT2D eigenvalue weighted by atomic mass is 79.9. The molecule has 2 amide bonds. The average molecular weight is 2130 g/mol. The maximum atomic E-state index is 13.1. The van der Waals surface area contributed by atoms with Gasteiger partial charge in [-0.1, -0.05) is 197 Å². The first kappa shape index (κ1) is 102. The van der Waals surface area contributed by atoms with Gasteiger partial charge in [0.2, 0.25) is 5.78 Å². The lowest BCUT2D eigenvalue weighted by Gasteiger charge is -2.16.